The van der Waals surface area contributed by atoms with Gasteiger partial charge in [-0.05, 0) is 0 Å². The maximum atomic E-state index is 11.2. The fraction of sp³-hybridized carbons (Fsp3) is 0.143. The van der Waals surface area contributed by atoms with E-state index in [1.807, 2.05) is 0 Å². The lowest BCUT2D eigenvalue weighted by molar-refractivity contribution is 0.0693. The number of hydrogen-bond acceptors (Lipinski definition) is 3. The van der Waals surface area contributed by atoms with E-state index in [0.717, 1.165) is 4.90 Å². The van der Waals surface area contributed by atoms with Gasteiger partial charge in [-0.3, -0.25) is 14.5 Å². The monoisotopic (exact) mass is 167 g/mol. The average molecular weight is 167 g/mol. The van der Waals surface area contributed by atoms with Gasteiger partial charge in [0.15, 0.2) is 0 Å². The maximum absolute atomic E-state index is 11.2. The van der Waals surface area contributed by atoms with Gasteiger partial charge in [0, 0.05) is 17.8 Å². The predicted octanol–water partition coefficient (Wildman–Crippen LogP) is 0.974. The number of carbonyl (C=O) groups excluding carboxylic acids is 2. The molecular weight excluding hydrogens is 162 g/mol. The van der Waals surface area contributed by atoms with Crippen molar-refractivity contribution in [1.82, 2.24) is 4.90 Å². The van der Waals surface area contributed by atoms with Crippen LogP contribution in [0, 0.1) is 0 Å². The van der Waals surface area contributed by atoms with Crippen LogP contribution in [0.3, 0.4) is 0 Å². The number of imide groups is 1. The van der Waals surface area contributed by atoms with Crippen LogP contribution in [-0.4, -0.2) is 23.8 Å². The first kappa shape index (κ1) is 6.54. The normalized spacial score (nSPS) is 15.9. The Morgan fingerprint density at radius 1 is 1.18 bits per heavy atom. The molecule has 2 heterocycles. The van der Waals surface area contributed by atoms with Crippen LogP contribution in [0.1, 0.15) is 20.7 Å². The lowest BCUT2D eigenvalue weighted by Gasteiger charge is -2.03. The molecule has 0 unspecified atom stereocenters. The van der Waals surface area contributed by atoms with Crippen LogP contribution in [-0.2, 0) is 0 Å². The number of fused-ring (bicyclic) bond motifs is 1. The summed E-state index contributed by atoms with van der Waals surface area (Å²) in [5.41, 5.74) is 1.09. The molecule has 1 aromatic rings. The highest BCUT2D eigenvalue weighted by atomic mass is 32.1. The zero-order valence-corrected chi connectivity index (χ0v) is 6.64. The van der Waals surface area contributed by atoms with Crippen LogP contribution in [0.5, 0.6) is 0 Å². The first-order valence-corrected chi connectivity index (χ1v) is 4.04. The second-order valence-corrected chi connectivity index (χ2v) is 3.11. The number of carbonyl (C=O) groups is 2. The molecule has 1 aromatic heterocycles. The summed E-state index contributed by atoms with van der Waals surface area (Å²) in [6.45, 7) is 0. The highest BCUT2D eigenvalue weighted by Crippen LogP contribution is 2.24. The third kappa shape index (κ3) is 0.670. The fourth-order valence-electron chi connectivity index (χ4n) is 1.08. The van der Waals surface area contributed by atoms with Gasteiger partial charge in [-0.1, -0.05) is 0 Å². The standard InChI is InChI=1S/C7H5NO2S/c1-8-6(9)4-2-11-3-5(4)7(8)10/h2-3H,1H3. The van der Waals surface area contributed by atoms with Gasteiger partial charge >= 0.3 is 0 Å². The van der Waals surface area contributed by atoms with Crippen molar-refractivity contribution in [3.05, 3.63) is 21.9 Å². The van der Waals surface area contributed by atoms with E-state index in [2.05, 4.69) is 0 Å². The predicted molar refractivity (Wildman–Crippen MR) is 40.7 cm³/mol. The Morgan fingerprint density at radius 3 is 2.09 bits per heavy atom. The lowest BCUT2D eigenvalue weighted by atomic mass is 10.2. The molecule has 3 nitrogen and oxygen atoms in total. The molecule has 0 aromatic carbocycles. The van der Waals surface area contributed by atoms with Crippen molar-refractivity contribution in [3.63, 3.8) is 0 Å². The van der Waals surface area contributed by atoms with Crippen molar-refractivity contribution in [2.24, 2.45) is 0 Å². The summed E-state index contributed by atoms with van der Waals surface area (Å²) >= 11 is 1.38. The van der Waals surface area contributed by atoms with Crippen molar-refractivity contribution in [1.29, 1.82) is 0 Å². The molecule has 2 amide bonds. The Bertz CT molecular complexity index is 311. The van der Waals surface area contributed by atoms with E-state index in [1.165, 1.54) is 18.4 Å². The molecule has 56 valence electrons. The minimum Gasteiger partial charge on any atom is -0.277 e. The van der Waals surface area contributed by atoms with Crippen molar-refractivity contribution in [2.45, 2.75) is 0 Å². The molecule has 2 rings (SSSR count). The van der Waals surface area contributed by atoms with Crippen LogP contribution >= 0.6 is 11.3 Å². The van der Waals surface area contributed by atoms with Gasteiger partial charge in [-0.2, -0.15) is 11.3 Å². The average Bonchev–Trinajstić information content (AvgIpc) is 2.53. The number of thiophene rings is 1. The van der Waals surface area contributed by atoms with E-state index in [0.29, 0.717) is 11.1 Å². The molecular formula is C7H5NO2S. The molecule has 0 radical (unpaired) electrons. The second kappa shape index (κ2) is 1.92. The Balaban J connectivity index is 2.65. The van der Waals surface area contributed by atoms with Gasteiger partial charge in [0.1, 0.15) is 0 Å². The van der Waals surface area contributed by atoms with E-state index in [1.54, 1.807) is 10.8 Å². The van der Waals surface area contributed by atoms with Crippen LogP contribution in [0.15, 0.2) is 10.8 Å². The molecule has 0 aliphatic carbocycles. The summed E-state index contributed by atoms with van der Waals surface area (Å²) in [5.74, 6) is -0.377. The Morgan fingerprint density at radius 2 is 1.64 bits per heavy atom. The van der Waals surface area contributed by atoms with Gasteiger partial charge < -0.3 is 0 Å². The van der Waals surface area contributed by atoms with Crippen molar-refractivity contribution in [3.8, 4) is 0 Å². The topological polar surface area (TPSA) is 37.4 Å². The summed E-state index contributed by atoms with van der Waals surface area (Å²) in [4.78, 5) is 23.5. The SMILES string of the molecule is CN1C(=O)c2cscc2C1=O. The van der Waals surface area contributed by atoms with E-state index in [-0.39, 0.29) is 11.8 Å². The number of rotatable bonds is 0. The van der Waals surface area contributed by atoms with E-state index < -0.39 is 0 Å². The van der Waals surface area contributed by atoms with Gasteiger partial charge in [-0.15, -0.1) is 0 Å². The summed E-state index contributed by atoms with van der Waals surface area (Å²) < 4.78 is 0. The third-order valence-electron chi connectivity index (χ3n) is 1.73. The molecule has 11 heavy (non-hydrogen) atoms. The summed E-state index contributed by atoms with van der Waals surface area (Å²) in [6, 6.07) is 0. The van der Waals surface area contributed by atoms with Crippen LogP contribution in [0.4, 0.5) is 0 Å². The maximum Gasteiger partial charge on any atom is 0.262 e. The second-order valence-electron chi connectivity index (χ2n) is 2.37. The molecule has 0 fully saturated rings. The first-order chi connectivity index (χ1) is 5.22. The van der Waals surface area contributed by atoms with Gasteiger partial charge in [-0.25, -0.2) is 0 Å². The van der Waals surface area contributed by atoms with E-state index in [4.69, 9.17) is 0 Å². The quantitative estimate of drug-likeness (QED) is 0.540. The van der Waals surface area contributed by atoms with Crippen molar-refractivity contribution >= 4 is 23.2 Å². The Kier molecular flexibility index (Phi) is 1.14. The number of amides is 2. The lowest BCUT2D eigenvalue weighted by Crippen LogP contribution is -2.24. The van der Waals surface area contributed by atoms with Crippen LogP contribution in [0.2, 0.25) is 0 Å². The Labute approximate surface area is 67.2 Å². The molecule has 0 saturated heterocycles. The van der Waals surface area contributed by atoms with Crippen LogP contribution < -0.4 is 0 Å². The molecule has 1 aliphatic heterocycles. The molecule has 0 spiro atoms. The summed E-state index contributed by atoms with van der Waals surface area (Å²) in [7, 11) is 1.50. The third-order valence-corrected chi connectivity index (χ3v) is 2.48. The van der Waals surface area contributed by atoms with Gasteiger partial charge in [0.25, 0.3) is 11.8 Å². The summed E-state index contributed by atoms with van der Waals surface area (Å²) in [5, 5.41) is 3.41. The molecule has 0 N–H and O–H groups in total. The molecule has 1 aliphatic rings. The van der Waals surface area contributed by atoms with E-state index >= 15 is 0 Å². The van der Waals surface area contributed by atoms with Crippen molar-refractivity contribution < 1.29 is 9.59 Å². The smallest absolute Gasteiger partial charge is 0.262 e. The molecule has 4 heteroatoms. The van der Waals surface area contributed by atoms with Crippen molar-refractivity contribution in [2.75, 3.05) is 7.05 Å². The van der Waals surface area contributed by atoms with E-state index in [9.17, 15) is 9.59 Å². The zero-order valence-electron chi connectivity index (χ0n) is 5.83. The largest absolute Gasteiger partial charge is 0.277 e. The minimum absolute atomic E-state index is 0.189. The highest BCUT2D eigenvalue weighted by molar-refractivity contribution is 7.08. The fourth-order valence-corrected chi connectivity index (χ4v) is 1.88. The van der Waals surface area contributed by atoms with Gasteiger partial charge in [0.05, 0.1) is 11.1 Å². The minimum atomic E-state index is -0.189. The van der Waals surface area contributed by atoms with Crippen LogP contribution in [0.25, 0.3) is 0 Å². The summed E-state index contributed by atoms with van der Waals surface area (Å²) in [6.07, 6.45) is 0. The first-order valence-electron chi connectivity index (χ1n) is 3.10. The Hall–Kier alpha value is -1.16. The molecule has 0 saturated carbocycles. The highest BCUT2D eigenvalue weighted by Gasteiger charge is 2.32. The van der Waals surface area contributed by atoms with Gasteiger partial charge in [0.2, 0.25) is 0 Å². The number of hydrogen-bond donors (Lipinski definition) is 0. The molecule has 0 bridgehead atoms. The number of nitrogens with zero attached hydrogens (tertiary/aromatic N) is 1. The zero-order chi connectivity index (χ0) is 8.01. The molecule has 0 atom stereocenters.